The topological polar surface area (TPSA) is 29.4 Å². The summed E-state index contributed by atoms with van der Waals surface area (Å²) in [5.74, 6) is 0. The Morgan fingerprint density at radius 1 is 1.40 bits per heavy atom. The maximum absolute atomic E-state index is 12.6. The number of allylic oxidation sites excluding steroid dienone is 5. The number of hydrogen-bond donors (Lipinski definition) is 0. The van der Waals surface area contributed by atoms with Crippen molar-refractivity contribution >= 4 is 6.08 Å². The van der Waals surface area contributed by atoms with E-state index in [2.05, 4.69) is 4.99 Å². The summed E-state index contributed by atoms with van der Waals surface area (Å²) in [6.07, 6.45) is 2.57. The predicted octanol–water partition coefficient (Wildman–Crippen LogP) is 2.90. The van der Waals surface area contributed by atoms with Crippen LogP contribution in [0.3, 0.4) is 0 Å². The van der Waals surface area contributed by atoms with Gasteiger partial charge in [0, 0.05) is 0 Å². The molecule has 15 heavy (non-hydrogen) atoms. The average Bonchev–Trinajstić information content (AvgIpc) is 2.29. The van der Waals surface area contributed by atoms with E-state index in [0.29, 0.717) is 0 Å². The van der Waals surface area contributed by atoms with Gasteiger partial charge in [-0.1, -0.05) is 18.2 Å². The number of aliphatic imine (C=N–C) groups is 1. The molecule has 0 aromatic carbocycles. The summed E-state index contributed by atoms with van der Waals surface area (Å²) >= 11 is 0. The van der Waals surface area contributed by atoms with Crippen LogP contribution in [0.1, 0.15) is 6.92 Å². The first-order valence-electron chi connectivity index (χ1n) is 4.12. The molecule has 0 fully saturated rings. The Bertz CT molecular complexity index is 386. The van der Waals surface area contributed by atoms with Crippen LogP contribution in [0.5, 0.6) is 0 Å². The van der Waals surface area contributed by atoms with E-state index in [1.807, 2.05) is 0 Å². The van der Waals surface area contributed by atoms with Crippen LogP contribution in [-0.4, -0.2) is 12.3 Å². The van der Waals surface area contributed by atoms with Gasteiger partial charge in [-0.2, -0.15) is 18.2 Å². The summed E-state index contributed by atoms with van der Waals surface area (Å²) in [5.41, 5.74) is -1.88. The van der Waals surface area contributed by atoms with Crippen LogP contribution < -0.4 is 0 Å². The lowest BCUT2D eigenvalue weighted by Gasteiger charge is -2.24. The number of alkyl halides is 3. The van der Waals surface area contributed by atoms with Crippen LogP contribution in [-0.2, 0) is 4.79 Å². The standard InChI is InChI=1S/C10H8F3NO/c1-9(10(11,12)13)5-2-3-8(4-6-9)14-7-15/h2-6H,1H3. The third-order valence-electron chi connectivity index (χ3n) is 2.10. The van der Waals surface area contributed by atoms with E-state index < -0.39 is 11.6 Å². The van der Waals surface area contributed by atoms with Crippen molar-refractivity contribution in [3.63, 3.8) is 0 Å². The van der Waals surface area contributed by atoms with E-state index in [9.17, 15) is 18.0 Å². The molecule has 0 N–H and O–H groups in total. The van der Waals surface area contributed by atoms with Crippen LogP contribution in [0.4, 0.5) is 13.2 Å². The Hall–Kier alpha value is -1.61. The van der Waals surface area contributed by atoms with Gasteiger partial charge in [0.05, 0.1) is 11.1 Å². The minimum Gasteiger partial charge on any atom is -0.211 e. The molecule has 1 atom stereocenters. The SMILES string of the molecule is CC1(C(F)(F)F)C=CC=C(N=C=O)C=C1. The van der Waals surface area contributed by atoms with E-state index in [1.54, 1.807) is 0 Å². The molecule has 0 spiro atoms. The van der Waals surface area contributed by atoms with Gasteiger partial charge in [-0.05, 0) is 19.1 Å². The van der Waals surface area contributed by atoms with Crippen molar-refractivity contribution in [3.8, 4) is 0 Å². The van der Waals surface area contributed by atoms with Crippen LogP contribution >= 0.6 is 0 Å². The van der Waals surface area contributed by atoms with Crippen LogP contribution in [0.15, 0.2) is 41.1 Å². The van der Waals surface area contributed by atoms with Gasteiger partial charge < -0.3 is 0 Å². The molecule has 0 amide bonds. The molecule has 0 radical (unpaired) electrons. The fourth-order valence-corrected chi connectivity index (χ4v) is 1.03. The van der Waals surface area contributed by atoms with E-state index in [4.69, 9.17) is 0 Å². The molecule has 0 aromatic heterocycles. The van der Waals surface area contributed by atoms with Gasteiger partial charge in [0.15, 0.2) is 0 Å². The van der Waals surface area contributed by atoms with Gasteiger partial charge in [0.25, 0.3) is 0 Å². The lowest BCUT2D eigenvalue weighted by atomic mass is 9.89. The Balaban J connectivity index is 3.06. The summed E-state index contributed by atoms with van der Waals surface area (Å²) in [6, 6.07) is 0. The van der Waals surface area contributed by atoms with Gasteiger partial charge in [-0.15, -0.1) is 0 Å². The highest BCUT2D eigenvalue weighted by atomic mass is 19.4. The molecule has 1 unspecified atom stereocenters. The van der Waals surface area contributed by atoms with Gasteiger partial charge in [-0.25, -0.2) is 4.79 Å². The highest BCUT2D eigenvalue weighted by Gasteiger charge is 2.47. The molecule has 2 nitrogen and oxygen atoms in total. The smallest absolute Gasteiger partial charge is 0.211 e. The maximum atomic E-state index is 12.6. The molecule has 0 saturated heterocycles. The third-order valence-corrected chi connectivity index (χ3v) is 2.10. The van der Waals surface area contributed by atoms with Gasteiger partial charge in [0.1, 0.15) is 0 Å². The Morgan fingerprint density at radius 2 is 2.07 bits per heavy atom. The highest BCUT2D eigenvalue weighted by molar-refractivity contribution is 5.42. The number of isocyanates is 1. The van der Waals surface area contributed by atoms with Crippen molar-refractivity contribution < 1.29 is 18.0 Å². The summed E-state index contributed by atoms with van der Waals surface area (Å²) < 4.78 is 37.8. The van der Waals surface area contributed by atoms with Crippen molar-refractivity contribution in [2.75, 3.05) is 0 Å². The quantitative estimate of drug-likeness (QED) is 0.488. The summed E-state index contributed by atoms with van der Waals surface area (Å²) in [4.78, 5) is 13.2. The van der Waals surface area contributed by atoms with Crippen molar-refractivity contribution in [1.29, 1.82) is 0 Å². The zero-order chi connectivity index (χ0) is 11.5. The first kappa shape index (κ1) is 11.5. The number of rotatable bonds is 1. The number of halogens is 3. The van der Waals surface area contributed by atoms with E-state index in [0.717, 1.165) is 25.2 Å². The van der Waals surface area contributed by atoms with Crippen molar-refractivity contribution in [2.45, 2.75) is 13.1 Å². The van der Waals surface area contributed by atoms with E-state index >= 15 is 0 Å². The molecule has 1 aliphatic carbocycles. The molecular formula is C10H8F3NO. The monoisotopic (exact) mass is 215 g/mol. The fourth-order valence-electron chi connectivity index (χ4n) is 1.03. The molecule has 80 valence electrons. The molecule has 5 heteroatoms. The summed E-state index contributed by atoms with van der Waals surface area (Å²) in [7, 11) is 0. The summed E-state index contributed by atoms with van der Waals surface area (Å²) in [5, 5.41) is 0. The molecular weight excluding hydrogens is 207 g/mol. The zero-order valence-electron chi connectivity index (χ0n) is 7.88. The van der Waals surface area contributed by atoms with E-state index in [-0.39, 0.29) is 5.70 Å². The van der Waals surface area contributed by atoms with E-state index in [1.165, 1.54) is 18.2 Å². The Labute approximate surface area is 84.5 Å². The third kappa shape index (κ3) is 2.44. The molecule has 0 saturated carbocycles. The second kappa shape index (κ2) is 3.87. The molecule has 0 heterocycles. The molecule has 1 rings (SSSR count). The Morgan fingerprint density at radius 3 is 2.60 bits per heavy atom. The second-order valence-electron chi connectivity index (χ2n) is 3.27. The lowest BCUT2D eigenvalue weighted by molar-refractivity contribution is -0.183. The van der Waals surface area contributed by atoms with Crippen molar-refractivity contribution in [1.82, 2.24) is 0 Å². The Kier molecular flexibility index (Phi) is 2.95. The molecule has 0 aliphatic heterocycles. The summed E-state index contributed by atoms with van der Waals surface area (Å²) in [6.45, 7) is 1.04. The maximum Gasteiger partial charge on any atom is 0.400 e. The fraction of sp³-hybridized carbons (Fsp3) is 0.300. The van der Waals surface area contributed by atoms with Gasteiger partial charge in [0.2, 0.25) is 6.08 Å². The zero-order valence-corrected chi connectivity index (χ0v) is 7.88. The van der Waals surface area contributed by atoms with Crippen molar-refractivity contribution in [2.24, 2.45) is 10.4 Å². The van der Waals surface area contributed by atoms with Crippen LogP contribution in [0, 0.1) is 5.41 Å². The highest BCUT2D eigenvalue weighted by Crippen LogP contribution is 2.41. The average molecular weight is 215 g/mol. The molecule has 0 bridgehead atoms. The first-order valence-corrected chi connectivity index (χ1v) is 4.12. The molecule has 1 aliphatic rings. The van der Waals surface area contributed by atoms with Crippen molar-refractivity contribution in [3.05, 3.63) is 36.1 Å². The van der Waals surface area contributed by atoms with Crippen LogP contribution in [0.2, 0.25) is 0 Å². The van der Waals surface area contributed by atoms with Gasteiger partial charge >= 0.3 is 6.18 Å². The molecule has 0 aromatic rings. The minimum atomic E-state index is -4.37. The second-order valence-corrected chi connectivity index (χ2v) is 3.27. The lowest BCUT2D eigenvalue weighted by Crippen LogP contribution is -2.30. The van der Waals surface area contributed by atoms with Gasteiger partial charge in [-0.3, -0.25) is 0 Å². The number of hydrogen-bond acceptors (Lipinski definition) is 2. The minimum absolute atomic E-state index is 0.147. The van der Waals surface area contributed by atoms with Crippen LogP contribution in [0.25, 0.3) is 0 Å². The number of carbonyl (C=O) groups excluding carboxylic acids is 1. The predicted molar refractivity (Wildman–Crippen MR) is 48.6 cm³/mol. The first-order chi connectivity index (χ1) is 6.89. The number of nitrogens with zero attached hydrogens (tertiary/aromatic N) is 1. The largest absolute Gasteiger partial charge is 0.400 e. The normalized spacial score (nSPS) is 25.5.